The molecule has 2 rings (SSSR count). The van der Waals surface area contributed by atoms with Crippen LogP contribution in [0.1, 0.15) is 6.92 Å². The second kappa shape index (κ2) is 7.09. The van der Waals surface area contributed by atoms with Crippen molar-refractivity contribution >= 4 is 21.8 Å². The fraction of sp³-hybridized carbons (Fsp3) is 0.286. The van der Waals surface area contributed by atoms with Crippen molar-refractivity contribution in [2.75, 3.05) is 6.54 Å². The maximum absolute atomic E-state index is 11.7. The number of hydrogen-bond acceptors (Lipinski definition) is 3. The molecule has 0 fully saturated rings. The van der Waals surface area contributed by atoms with E-state index in [4.69, 9.17) is 4.74 Å². The standard InChI is InChI=1S/C14H16BrN3O2/c1-11(20-13-6-3-2-5-12(13)15)9-16-14(19)10-18-8-4-7-17-18/h2-8,11H,9-10H2,1H3,(H,16,19). The lowest BCUT2D eigenvalue weighted by molar-refractivity contribution is -0.122. The Balaban J connectivity index is 1.76. The van der Waals surface area contributed by atoms with E-state index in [-0.39, 0.29) is 18.6 Å². The summed E-state index contributed by atoms with van der Waals surface area (Å²) in [5.41, 5.74) is 0. The van der Waals surface area contributed by atoms with Crippen LogP contribution in [-0.2, 0) is 11.3 Å². The molecule has 0 saturated carbocycles. The van der Waals surface area contributed by atoms with Gasteiger partial charge in [-0.1, -0.05) is 12.1 Å². The van der Waals surface area contributed by atoms with Gasteiger partial charge >= 0.3 is 0 Å². The number of benzene rings is 1. The number of amides is 1. The molecule has 0 spiro atoms. The number of nitrogens with one attached hydrogen (secondary N) is 1. The molecule has 0 saturated heterocycles. The third kappa shape index (κ3) is 4.38. The van der Waals surface area contributed by atoms with E-state index in [1.54, 1.807) is 23.1 Å². The van der Waals surface area contributed by atoms with Crippen molar-refractivity contribution in [3.63, 3.8) is 0 Å². The van der Waals surface area contributed by atoms with Gasteiger partial charge in [-0.15, -0.1) is 0 Å². The molecule has 5 nitrogen and oxygen atoms in total. The van der Waals surface area contributed by atoms with E-state index in [0.717, 1.165) is 10.2 Å². The van der Waals surface area contributed by atoms with Crippen molar-refractivity contribution in [3.8, 4) is 5.75 Å². The molecule has 1 unspecified atom stereocenters. The molecule has 1 atom stereocenters. The van der Waals surface area contributed by atoms with E-state index in [2.05, 4.69) is 26.3 Å². The van der Waals surface area contributed by atoms with Gasteiger partial charge in [-0.3, -0.25) is 9.48 Å². The van der Waals surface area contributed by atoms with Crippen LogP contribution < -0.4 is 10.1 Å². The molecule has 0 aliphatic heterocycles. The Hall–Kier alpha value is -1.82. The van der Waals surface area contributed by atoms with Crippen LogP contribution in [0.4, 0.5) is 0 Å². The smallest absolute Gasteiger partial charge is 0.241 e. The normalized spacial score (nSPS) is 11.9. The maximum Gasteiger partial charge on any atom is 0.241 e. The third-order valence-electron chi connectivity index (χ3n) is 2.62. The highest BCUT2D eigenvalue weighted by atomic mass is 79.9. The Morgan fingerprint density at radius 2 is 2.25 bits per heavy atom. The fourth-order valence-electron chi connectivity index (χ4n) is 1.65. The van der Waals surface area contributed by atoms with Crippen molar-refractivity contribution in [3.05, 3.63) is 47.2 Å². The summed E-state index contributed by atoms with van der Waals surface area (Å²) >= 11 is 3.42. The van der Waals surface area contributed by atoms with Crippen LogP contribution in [0.25, 0.3) is 0 Å². The number of hydrogen-bond donors (Lipinski definition) is 1. The lowest BCUT2D eigenvalue weighted by Crippen LogP contribution is -2.35. The van der Waals surface area contributed by atoms with E-state index >= 15 is 0 Å². The molecule has 1 N–H and O–H groups in total. The Morgan fingerprint density at radius 1 is 1.45 bits per heavy atom. The van der Waals surface area contributed by atoms with Crippen molar-refractivity contribution in [1.29, 1.82) is 0 Å². The number of carbonyl (C=O) groups is 1. The Morgan fingerprint density at radius 3 is 2.95 bits per heavy atom. The monoisotopic (exact) mass is 337 g/mol. The predicted octanol–water partition coefficient (Wildman–Crippen LogP) is 2.23. The van der Waals surface area contributed by atoms with Gasteiger partial charge in [0.2, 0.25) is 5.91 Å². The lowest BCUT2D eigenvalue weighted by atomic mass is 10.3. The van der Waals surface area contributed by atoms with Crippen LogP contribution in [0, 0.1) is 0 Å². The number of halogens is 1. The molecular formula is C14H16BrN3O2. The van der Waals surface area contributed by atoms with Crippen LogP contribution in [0.3, 0.4) is 0 Å². The summed E-state index contributed by atoms with van der Waals surface area (Å²) in [6.45, 7) is 2.57. The summed E-state index contributed by atoms with van der Waals surface area (Å²) in [7, 11) is 0. The molecule has 6 heteroatoms. The van der Waals surface area contributed by atoms with Crippen LogP contribution in [0.15, 0.2) is 47.2 Å². The topological polar surface area (TPSA) is 56.2 Å². The first-order chi connectivity index (χ1) is 9.65. The first kappa shape index (κ1) is 14.6. The summed E-state index contributed by atoms with van der Waals surface area (Å²) in [4.78, 5) is 11.7. The summed E-state index contributed by atoms with van der Waals surface area (Å²) in [6.07, 6.45) is 3.28. The molecule has 1 heterocycles. The van der Waals surface area contributed by atoms with Gasteiger partial charge in [0.25, 0.3) is 0 Å². The highest BCUT2D eigenvalue weighted by Crippen LogP contribution is 2.24. The van der Waals surface area contributed by atoms with Gasteiger partial charge < -0.3 is 10.1 Å². The maximum atomic E-state index is 11.7. The van der Waals surface area contributed by atoms with Crippen LogP contribution >= 0.6 is 15.9 Å². The number of ether oxygens (including phenoxy) is 1. The zero-order valence-electron chi connectivity index (χ0n) is 11.1. The van der Waals surface area contributed by atoms with Crippen molar-refractivity contribution in [1.82, 2.24) is 15.1 Å². The zero-order chi connectivity index (χ0) is 14.4. The van der Waals surface area contributed by atoms with Crippen LogP contribution in [0.5, 0.6) is 5.75 Å². The van der Waals surface area contributed by atoms with E-state index in [1.165, 1.54) is 0 Å². The average molecular weight is 338 g/mol. The Kier molecular flexibility index (Phi) is 5.17. The third-order valence-corrected chi connectivity index (χ3v) is 3.27. The Labute approximate surface area is 126 Å². The number of aromatic nitrogens is 2. The molecular weight excluding hydrogens is 322 g/mol. The van der Waals surface area contributed by atoms with E-state index in [1.807, 2.05) is 31.2 Å². The number of nitrogens with zero attached hydrogens (tertiary/aromatic N) is 2. The van der Waals surface area contributed by atoms with E-state index in [0.29, 0.717) is 6.54 Å². The van der Waals surface area contributed by atoms with Gasteiger partial charge in [-0.25, -0.2) is 0 Å². The predicted molar refractivity (Wildman–Crippen MR) is 79.5 cm³/mol. The van der Waals surface area contributed by atoms with E-state index < -0.39 is 0 Å². The molecule has 0 aliphatic carbocycles. The van der Waals surface area contributed by atoms with Crippen molar-refractivity contribution in [2.45, 2.75) is 19.6 Å². The second-order valence-electron chi connectivity index (χ2n) is 4.37. The summed E-state index contributed by atoms with van der Waals surface area (Å²) in [6, 6.07) is 9.41. The zero-order valence-corrected chi connectivity index (χ0v) is 12.7. The Bertz CT molecular complexity index is 557. The minimum absolute atomic E-state index is 0.0868. The summed E-state index contributed by atoms with van der Waals surface area (Å²) < 4.78 is 8.22. The summed E-state index contributed by atoms with van der Waals surface area (Å²) in [5.74, 6) is 0.678. The summed E-state index contributed by atoms with van der Waals surface area (Å²) in [5, 5.41) is 6.80. The van der Waals surface area contributed by atoms with Crippen molar-refractivity contribution < 1.29 is 9.53 Å². The largest absolute Gasteiger partial charge is 0.488 e. The molecule has 20 heavy (non-hydrogen) atoms. The first-order valence-corrected chi connectivity index (χ1v) is 7.10. The van der Waals surface area contributed by atoms with Crippen LogP contribution in [0.2, 0.25) is 0 Å². The number of carbonyl (C=O) groups excluding carboxylic acids is 1. The quantitative estimate of drug-likeness (QED) is 0.879. The van der Waals surface area contributed by atoms with Gasteiger partial charge in [0.1, 0.15) is 18.4 Å². The van der Waals surface area contributed by atoms with Crippen molar-refractivity contribution in [2.24, 2.45) is 0 Å². The van der Waals surface area contributed by atoms with Gasteiger partial charge in [-0.2, -0.15) is 5.10 Å². The highest BCUT2D eigenvalue weighted by Gasteiger charge is 2.09. The minimum Gasteiger partial charge on any atom is -0.488 e. The van der Waals surface area contributed by atoms with E-state index in [9.17, 15) is 4.79 Å². The molecule has 0 bridgehead atoms. The average Bonchev–Trinajstić information content (AvgIpc) is 2.92. The first-order valence-electron chi connectivity index (χ1n) is 6.30. The van der Waals surface area contributed by atoms with Gasteiger partial charge in [0.05, 0.1) is 11.0 Å². The molecule has 2 aromatic rings. The second-order valence-corrected chi connectivity index (χ2v) is 5.22. The molecule has 1 aromatic carbocycles. The number of para-hydroxylation sites is 1. The number of rotatable bonds is 6. The van der Waals surface area contributed by atoms with Gasteiger partial charge in [0, 0.05) is 12.4 Å². The minimum atomic E-state index is -0.115. The molecule has 106 valence electrons. The SMILES string of the molecule is CC(CNC(=O)Cn1cccn1)Oc1ccccc1Br. The van der Waals surface area contributed by atoms with Gasteiger partial charge in [-0.05, 0) is 41.1 Å². The fourth-order valence-corrected chi connectivity index (χ4v) is 2.03. The van der Waals surface area contributed by atoms with Crippen LogP contribution in [-0.4, -0.2) is 28.3 Å². The van der Waals surface area contributed by atoms with Gasteiger partial charge in [0.15, 0.2) is 0 Å². The molecule has 1 aromatic heterocycles. The molecule has 0 aliphatic rings. The molecule has 1 amide bonds. The lowest BCUT2D eigenvalue weighted by Gasteiger charge is -2.16. The highest BCUT2D eigenvalue weighted by molar-refractivity contribution is 9.10. The molecule has 0 radical (unpaired) electrons.